The molecule has 0 saturated carbocycles. The average Bonchev–Trinajstić information content (AvgIpc) is 2.85. The fraction of sp³-hybridized carbons (Fsp3) is 0.500. The standard InChI is InChI=1S/C14H17ClN2O2S2/c1-21(18,19)12-4-2-3-11-14(12)16-13(9-15)17(11)10-5-7-20-8-6-10/h2-4,10H,5-9H2,1H3. The average molecular weight is 345 g/mol. The second kappa shape index (κ2) is 5.82. The number of sulfone groups is 1. The Morgan fingerprint density at radius 2 is 2.10 bits per heavy atom. The summed E-state index contributed by atoms with van der Waals surface area (Å²) in [4.78, 5) is 4.81. The van der Waals surface area contributed by atoms with Gasteiger partial charge in [-0.1, -0.05) is 6.07 Å². The number of halogens is 1. The largest absolute Gasteiger partial charge is 0.324 e. The second-order valence-corrected chi connectivity index (χ2v) is 8.75. The van der Waals surface area contributed by atoms with E-state index < -0.39 is 9.84 Å². The Kier molecular flexibility index (Phi) is 4.21. The summed E-state index contributed by atoms with van der Waals surface area (Å²) in [5.74, 6) is 3.30. The summed E-state index contributed by atoms with van der Waals surface area (Å²) in [7, 11) is -3.29. The molecule has 0 N–H and O–H groups in total. The van der Waals surface area contributed by atoms with Crippen LogP contribution in [-0.2, 0) is 15.7 Å². The van der Waals surface area contributed by atoms with Crippen LogP contribution in [0.5, 0.6) is 0 Å². The van der Waals surface area contributed by atoms with E-state index in [0.717, 1.165) is 35.7 Å². The van der Waals surface area contributed by atoms with Crippen LogP contribution >= 0.6 is 23.4 Å². The molecule has 2 aromatic rings. The Hall–Kier alpha value is -0.720. The van der Waals surface area contributed by atoms with Crippen LogP contribution in [0.1, 0.15) is 24.7 Å². The molecule has 0 atom stereocenters. The van der Waals surface area contributed by atoms with E-state index in [9.17, 15) is 8.42 Å². The Morgan fingerprint density at radius 1 is 1.38 bits per heavy atom. The Morgan fingerprint density at radius 3 is 2.71 bits per heavy atom. The van der Waals surface area contributed by atoms with Crippen molar-refractivity contribution in [1.82, 2.24) is 9.55 Å². The lowest BCUT2D eigenvalue weighted by molar-refractivity contribution is 0.470. The molecule has 1 aliphatic rings. The monoisotopic (exact) mass is 344 g/mol. The van der Waals surface area contributed by atoms with Crippen LogP contribution in [0.4, 0.5) is 0 Å². The molecule has 21 heavy (non-hydrogen) atoms. The lowest BCUT2D eigenvalue weighted by Crippen LogP contribution is -2.17. The van der Waals surface area contributed by atoms with Crippen molar-refractivity contribution in [2.45, 2.75) is 29.7 Å². The summed E-state index contributed by atoms with van der Waals surface area (Å²) in [5.41, 5.74) is 1.43. The van der Waals surface area contributed by atoms with Gasteiger partial charge in [0.2, 0.25) is 0 Å². The number of benzene rings is 1. The molecule has 114 valence electrons. The van der Waals surface area contributed by atoms with Crippen molar-refractivity contribution in [1.29, 1.82) is 0 Å². The van der Waals surface area contributed by atoms with E-state index >= 15 is 0 Å². The molecule has 4 nitrogen and oxygen atoms in total. The van der Waals surface area contributed by atoms with Gasteiger partial charge < -0.3 is 4.57 Å². The number of fused-ring (bicyclic) bond motifs is 1. The maximum absolute atomic E-state index is 11.9. The first-order valence-electron chi connectivity index (χ1n) is 6.86. The minimum absolute atomic E-state index is 0.287. The van der Waals surface area contributed by atoms with Crippen molar-refractivity contribution >= 4 is 44.2 Å². The number of imidazole rings is 1. The van der Waals surface area contributed by atoms with Crippen LogP contribution in [0.25, 0.3) is 11.0 Å². The number of aromatic nitrogens is 2. The lowest BCUT2D eigenvalue weighted by atomic mass is 10.1. The van der Waals surface area contributed by atoms with Gasteiger partial charge in [-0.15, -0.1) is 11.6 Å². The van der Waals surface area contributed by atoms with E-state index in [4.69, 9.17) is 11.6 Å². The van der Waals surface area contributed by atoms with Crippen molar-refractivity contribution in [3.05, 3.63) is 24.0 Å². The van der Waals surface area contributed by atoms with Gasteiger partial charge in [-0.2, -0.15) is 11.8 Å². The van der Waals surface area contributed by atoms with Crippen molar-refractivity contribution in [2.24, 2.45) is 0 Å². The number of alkyl halides is 1. The molecule has 1 saturated heterocycles. The van der Waals surface area contributed by atoms with Crippen molar-refractivity contribution in [2.75, 3.05) is 17.8 Å². The third-order valence-corrected chi connectivity index (χ3v) is 6.25. The van der Waals surface area contributed by atoms with Crippen LogP contribution in [-0.4, -0.2) is 35.7 Å². The third kappa shape index (κ3) is 2.81. The summed E-state index contributed by atoms with van der Waals surface area (Å²) < 4.78 is 26.0. The van der Waals surface area contributed by atoms with Gasteiger partial charge in [0.05, 0.1) is 16.3 Å². The molecule has 2 heterocycles. The molecule has 0 radical (unpaired) electrons. The highest BCUT2D eigenvalue weighted by Crippen LogP contribution is 2.33. The fourth-order valence-corrected chi connectivity index (χ4v) is 4.98. The third-order valence-electron chi connectivity index (χ3n) is 3.83. The zero-order valence-electron chi connectivity index (χ0n) is 11.8. The summed E-state index contributed by atoms with van der Waals surface area (Å²) in [5, 5.41) is 0. The van der Waals surface area contributed by atoms with Gasteiger partial charge in [0.25, 0.3) is 0 Å². The SMILES string of the molecule is CS(=O)(=O)c1cccc2c1nc(CCl)n2C1CCSCC1. The van der Waals surface area contributed by atoms with Crippen LogP contribution in [0.3, 0.4) is 0 Å². The number of thioether (sulfide) groups is 1. The van der Waals surface area contributed by atoms with Crippen molar-refractivity contribution in [3.8, 4) is 0 Å². The summed E-state index contributed by atoms with van der Waals surface area (Å²) in [6, 6.07) is 5.70. The molecule has 7 heteroatoms. The highest BCUT2D eigenvalue weighted by atomic mass is 35.5. The quantitative estimate of drug-likeness (QED) is 0.802. The Bertz CT molecular complexity index is 765. The lowest BCUT2D eigenvalue weighted by Gasteiger charge is -2.25. The molecular formula is C14H17ClN2O2S2. The van der Waals surface area contributed by atoms with E-state index in [1.165, 1.54) is 6.26 Å². The van der Waals surface area contributed by atoms with E-state index in [-0.39, 0.29) is 4.90 Å². The van der Waals surface area contributed by atoms with Crippen molar-refractivity contribution in [3.63, 3.8) is 0 Å². The smallest absolute Gasteiger partial charge is 0.177 e. The number of hydrogen-bond acceptors (Lipinski definition) is 4. The highest BCUT2D eigenvalue weighted by molar-refractivity contribution is 7.99. The van der Waals surface area contributed by atoms with Crippen LogP contribution in [0.2, 0.25) is 0 Å². The van der Waals surface area contributed by atoms with Crippen LogP contribution in [0, 0.1) is 0 Å². The van der Waals surface area contributed by atoms with Gasteiger partial charge >= 0.3 is 0 Å². The molecule has 1 aromatic carbocycles. The van der Waals surface area contributed by atoms with Gasteiger partial charge in [-0.25, -0.2) is 13.4 Å². The van der Waals surface area contributed by atoms with Gasteiger partial charge in [-0.3, -0.25) is 0 Å². The first-order chi connectivity index (χ1) is 10.0. The maximum Gasteiger partial charge on any atom is 0.177 e. The molecular weight excluding hydrogens is 328 g/mol. The van der Waals surface area contributed by atoms with E-state index in [1.54, 1.807) is 12.1 Å². The summed E-state index contributed by atoms with van der Waals surface area (Å²) in [6.45, 7) is 0. The van der Waals surface area contributed by atoms with E-state index in [1.807, 2.05) is 17.8 Å². The van der Waals surface area contributed by atoms with Gasteiger partial charge in [0.15, 0.2) is 9.84 Å². The molecule has 0 amide bonds. The van der Waals surface area contributed by atoms with E-state index in [2.05, 4.69) is 9.55 Å². The van der Waals surface area contributed by atoms with Crippen LogP contribution in [0.15, 0.2) is 23.1 Å². The number of hydrogen-bond donors (Lipinski definition) is 0. The highest BCUT2D eigenvalue weighted by Gasteiger charge is 2.24. The second-order valence-electron chi connectivity index (χ2n) is 5.27. The minimum atomic E-state index is -3.29. The van der Waals surface area contributed by atoms with Crippen LogP contribution < -0.4 is 0 Å². The Labute approximate surface area is 133 Å². The number of rotatable bonds is 3. The summed E-state index contributed by atoms with van der Waals surface area (Å²) in [6.07, 6.45) is 3.37. The molecule has 0 spiro atoms. The van der Waals surface area contributed by atoms with Gasteiger partial charge in [0.1, 0.15) is 11.3 Å². The fourth-order valence-electron chi connectivity index (χ4n) is 2.88. The predicted molar refractivity (Wildman–Crippen MR) is 88.0 cm³/mol. The molecule has 0 unspecified atom stereocenters. The zero-order valence-corrected chi connectivity index (χ0v) is 14.1. The molecule has 0 bridgehead atoms. The van der Waals surface area contributed by atoms with Gasteiger partial charge in [0, 0.05) is 12.3 Å². The minimum Gasteiger partial charge on any atom is -0.324 e. The number of para-hydroxylation sites is 1. The normalized spacial score (nSPS) is 17.4. The molecule has 0 aliphatic carbocycles. The topological polar surface area (TPSA) is 52.0 Å². The first-order valence-corrected chi connectivity index (χ1v) is 10.4. The summed E-state index contributed by atoms with van der Waals surface area (Å²) >= 11 is 8.01. The van der Waals surface area contributed by atoms with Gasteiger partial charge in [-0.05, 0) is 36.5 Å². The molecule has 3 rings (SSSR count). The zero-order chi connectivity index (χ0) is 15.0. The first kappa shape index (κ1) is 15.2. The maximum atomic E-state index is 11.9. The Balaban J connectivity index is 2.24. The molecule has 1 aromatic heterocycles. The predicted octanol–water partition coefficient (Wildman–Crippen LogP) is 3.25. The van der Waals surface area contributed by atoms with Crippen molar-refractivity contribution < 1.29 is 8.42 Å². The molecule has 1 fully saturated rings. The molecule has 1 aliphatic heterocycles. The van der Waals surface area contributed by atoms with E-state index in [0.29, 0.717) is 17.4 Å². The number of nitrogens with zero attached hydrogens (tertiary/aromatic N) is 2.